The fourth-order valence-corrected chi connectivity index (χ4v) is 1.05. The molecule has 0 aliphatic rings. The van der Waals surface area contributed by atoms with Crippen LogP contribution in [0.25, 0.3) is 0 Å². The SMILES string of the molecule is CCC(C)Oc1ccc(P)cc1. The summed E-state index contributed by atoms with van der Waals surface area (Å²) in [5.74, 6) is 0.954. The number of benzene rings is 1. The van der Waals surface area contributed by atoms with Gasteiger partial charge in [0, 0.05) is 0 Å². The molecule has 0 saturated carbocycles. The highest BCUT2D eigenvalue weighted by atomic mass is 31.0. The van der Waals surface area contributed by atoms with Gasteiger partial charge in [-0.25, -0.2) is 0 Å². The fraction of sp³-hybridized carbons (Fsp3) is 0.400. The maximum atomic E-state index is 5.61. The summed E-state index contributed by atoms with van der Waals surface area (Å²) < 4.78 is 5.61. The van der Waals surface area contributed by atoms with Crippen LogP contribution < -0.4 is 10.0 Å². The second-order valence-electron chi connectivity index (χ2n) is 2.91. The molecule has 66 valence electrons. The van der Waals surface area contributed by atoms with Crippen molar-refractivity contribution in [3.8, 4) is 5.75 Å². The van der Waals surface area contributed by atoms with Crippen molar-refractivity contribution in [1.82, 2.24) is 0 Å². The maximum absolute atomic E-state index is 5.61. The van der Waals surface area contributed by atoms with E-state index < -0.39 is 0 Å². The third-order valence-electron chi connectivity index (χ3n) is 1.79. The Morgan fingerprint density at radius 1 is 1.33 bits per heavy atom. The Bertz CT molecular complexity index is 230. The van der Waals surface area contributed by atoms with E-state index in [1.807, 2.05) is 24.3 Å². The summed E-state index contributed by atoms with van der Waals surface area (Å²) in [6.45, 7) is 4.20. The molecule has 1 aromatic rings. The zero-order chi connectivity index (χ0) is 8.97. The van der Waals surface area contributed by atoms with Crippen molar-refractivity contribution in [3.05, 3.63) is 24.3 Å². The fourth-order valence-electron chi connectivity index (χ4n) is 0.862. The summed E-state index contributed by atoms with van der Waals surface area (Å²) in [6, 6.07) is 8.05. The Labute approximate surface area is 76.3 Å². The summed E-state index contributed by atoms with van der Waals surface area (Å²) in [5, 5.41) is 1.19. The summed E-state index contributed by atoms with van der Waals surface area (Å²) in [4.78, 5) is 0. The normalized spacial score (nSPS) is 12.6. The van der Waals surface area contributed by atoms with Crippen LogP contribution in [-0.4, -0.2) is 6.10 Å². The first-order chi connectivity index (χ1) is 5.72. The molecule has 2 unspecified atom stereocenters. The largest absolute Gasteiger partial charge is 0.491 e. The van der Waals surface area contributed by atoms with E-state index in [2.05, 4.69) is 23.1 Å². The van der Waals surface area contributed by atoms with Crippen molar-refractivity contribution in [2.24, 2.45) is 0 Å². The van der Waals surface area contributed by atoms with Gasteiger partial charge in [0.2, 0.25) is 0 Å². The van der Waals surface area contributed by atoms with Gasteiger partial charge in [-0.1, -0.05) is 19.1 Å². The first-order valence-electron chi connectivity index (χ1n) is 4.24. The smallest absolute Gasteiger partial charge is 0.119 e. The minimum absolute atomic E-state index is 0.306. The Balaban J connectivity index is 2.58. The van der Waals surface area contributed by atoms with Gasteiger partial charge in [0.1, 0.15) is 5.75 Å². The van der Waals surface area contributed by atoms with Gasteiger partial charge in [0.05, 0.1) is 6.10 Å². The molecule has 0 fully saturated rings. The molecule has 0 heterocycles. The van der Waals surface area contributed by atoms with Gasteiger partial charge in [-0.05, 0) is 30.8 Å². The van der Waals surface area contributed by atoms with Crippen molar-refractivity contribution < 1.29 is 4.74 Å². The molecular weight excluding hydrogens is 167 g/mol. The van der Waals surface area contributed by atoms with E-state index in [9.17, 15) is 0 Å². The van der Waals surface area contributed by atoms with Crippen LogP contribution in [-0.2, 0) is 0 Å². The maximum Gasteiger partial charge on any atom is 0.119 e. The van der Waals surface area contributed by atoms with Crippen molar-refractivity contribution in [1.29, 1.82) is 0 Å². The Morgan fingerprint density at radius 3 is 2.42 bits per heavy atom. The molecule has 2 atom stereocenters. The summed E-state index contributed by atoms with van der Waals surface area (Å²) >= 11 is 0. The van der Waals surface area contributed by atoms with Crippen LogP contribution in [0.5, 0.6) is 5.75 Å². The third-order valence-corrected chi connectivity index (χ3v) is 2.18. The van der Waals surface area contributed by atoms with Crippen LogP contribution in [0.4, 0.5) is 0 Å². The van der Waals surface area contributed by atoms with Gasteiger partial charge in [-0.15, -0.1) is 9.24 Å². The summed E-state index contributed by atoms with van der Waals surface area (Å²) in [7, 11) is 2.65. The molecule has 0 radical (unpaired) electrons. The van der Waals surface area contributed by atoms with E-state index >= 15 is 0 Å². The Hall–Kier alpha value is -0.550. The molecule has 0 aliphatic carbocycles. The van der Waals surface area contributed by atoms with E-state index in [1.54, 1.807) is 0 Å². The van der Waals surface area contributed by atoms with Gasteiger partial charge < -0.3 is 4.74 Å². The van der Waals surface area contributed by atoms with Crippen molar-refractivity contribution in [3.63, 3.8) is 0 Å². The Morgan fingerprint density at radius 2 is 1.92 bits per heavy atom. The van der Waals surface area contributed by atoms with Gasteiger partial charge in [0.15, 0.2) is 0 Å². The van der Waals surface area contributed by atoms with Crippen LogP contribution in [0.15, 0.2) is 24.3 Å². The van der Waals surface area contributed by atoms with Gasteiger partial charge in [-0.3, -0.25) is 0 Å². The third kappa shape index (κ3) is 2.83. The monoisotopic (exact) mass is 182 g/mol. The quantitative estimate of drug-likeness (QED) is 0.652. The molecule has 0 spiro atoms. The second kappa shape index (κ2) is 4.47. The van der Waals surface area contributed by atoms with Gasteiger partial charge in [0.25, 0.3) is 0 Å². The molecule has 2 heteroatoms. The molecule has 0 aliphatic heterocycles. The minimum atomic E-state index is 0.306. The molecule has 0 bridgehead atoms. The average molecular weight is 182 g/mol. The predicted octanol–water partition coefficient (Wildman–Crippen LogP) is 2.36. The van der Waals surface area contributed by atoms with Gasteiger partial charge in [-0.2, -0.15) is 0 Å². The molecule has 1 aromatic carbocycles. The molecule has 0 amide bonds. The zero-order valence-corrected chi connectivity index (χ0v) is 8.73. The van der Waals surface area contributed by atoms with Crippen LogP contribution in [0, 0.1) is 0 Å². The molecular formula is C10H15OP. The molecule has 1 rings (SSSR count). The molecule has 1 nitrogen and oxygen atoms in total. The average Bonchev–Trinajstić information content (AvgIpc) is 2.09. The first kappa shape index (κ1) is 9.54. The van der Waals surface area contributed by atoms with Crippen LogP contribution >= 0.6 is 9.24 Å². The standard InChI is InChI=1S/C10H15OP/c1-3-8(2)11-9-4-6-10(12)7-5-9/h4-8H,3,12H2,1-2H3. The predicted molar refractivity (Wildman–Crippen MR) is 56.2 cm³/mol. The second-order valence-corrected chi connectivity index (χ2v) is 3.57. The zero-order valence-electron chi connectivity index (χ0n) is 7.58. The lowest BCUT2D eigenvalue weighted by Gasteiger charge is -2.12. The van der Waals surface area contributed by atoms with Crippen LogP contribution in [0.3, 0.4) is 0 Å². The highest BCUT2D eigenvalue weighted by Gasteiger charge is 1.99. The highest BCUT2D eigenvalue weighted by molar-refractivity contribution is 7.27. The van der Waals surface area contributed by atoms with Crippen LogP contribution in [0.2, 0.25) is 0 Å². The van der Waals surface area contributed by atoms with Crippen molar-refractivity contribution in [2.45, 2.75) is 26.4 Å². The highest BCUT2D eigenvalue weighted by Crippen LogP contribution is 2.11. The molecule has 12 heavy (non-hydrogen) atoms. The lowest BCUT2D eigenvalue weighted by molar-refractivity contribution is 0.217. The van der Waals surface area contributed by atoms with E-state index in [-0.39, 0.29) is 0 Å². The topological polar surface area (TPSA) is 9.23 Å². The summed E-state index contributed by atoms with van der Waals surface area (Å²) in [6.07, 6.45) is 1.35. The number of ether oxygens (including phenoxy) is 1. The molecule has 0 N–H and O–H groups in total. The van der Waals surface area contributed by atoms with E-state index in [0.717, 1.165) is 12.2 Å². The van der Waals surface area contributed by atoms with E-state index in [1.165, 1.54) is 5.30 Å². The summed E-state index contributed by atoms with van der Waals surface area (Å²) in [5.41, 5.74) is 0. The lowest BCUT2D eigenvalue weighted by atomic mass is 10.3. The lowest BCUT2D eigenvalue weighted by Crippen LogP contribution is -2.09. The number of hydrogen-bond donors (Lipinski definition) is 0. The number of rotatable bonds is 3. The van der Waals surface area contributed by atoms with Gasteiger partial charge >= 0.3 is 0 Å². The van der Waals surface area contributed by atoms with Crippen LogP contribution in [0.1, 0.15) is 20.3 Å². The first-order valence-corrected chi connectivity index (χ1v) is 4.82. The number of hydrogen-bond acceptors (Lipinski definition) is 1. The minimum Gasteiger partial charge on any atom is -0.491 e. The molecule has 0 saturated heterocycles. The van der Waals surface area contributed by atoms with E-state index in [4.69, 9.17) is 4.74 Å². The van der Waals surface area contributed by atoms with E-state index in [0.29, 0.717) is 6.10 Å². The molecule has 0 aromatic heterocycles. The Kier molecular flexibility index (Phi) is 3.55. The van der Waals surface area contributed by atoms with Crippen molar-refractivity contribution >= 4 is 14.5 Å². The van der Waals surface area contributed by atoms with Crippen molar-refractivity contribution in [2.75, 3.05) is 0 Å².